The fourth-order valence-electron chi connectivity index (χ4n) is 0.950. The number of rotatable bonds is 1. The Balaban J connectivity index is 0.000000791. The van der Waals surface area contributed by atoms with E-state index in [0.29, 0.717) is 0 Å². The molecule has 0 saturated heterocycles. The van der Waals surface area contributed by atoms with Crippen molar-refractivity contribution in [3.8, 4) is 0 Å². The van der Waals surface area contributed by atoms with Crippen LogP contribution in [0, 0.1) is 6.92 Å². The minimum atomic E-state index is 0.0545. The molecule has 2 nitrogen and oxygen atoms in total. The quantitative estimate of drug-likeness (QED) is 0.671. The number of anilines is 1. The normalized spacial score (nSPS) is 8.64. The monoisotopic (exact) mass is 193 g/mol. The van der Waals surface area contributed by atoms with Crippen LogP contribution in [0.2, 0.25) is 0 Å². The van der Waals surface area contributed by atoms with E-state index in [4.69, 9.17) is 0 Å². The van der Waals surface area contributed by atoms with Crippen LogP contribution in [-0.4, -0.2) is 13.0 Å². The topological polar surface area (TPSA) is 20.3 Å². The van der Waals surface area contributed by atoms with Crippen molar-refractivity contribution in [1.29, 1.82) is 0 Å². The molecule has 1 aromatic rings. The largest absolute Gasteiger partial charge is 0.316 e. The van der Waals surface area contributed by atoms with Gasteiger partial charge in [-0.05, 0) is 19.1 Å². The molecule has 0 saturated carbocycles. The SMILES string of the molecule is CC.CC(=O)N(C)c1ccc(C)cc1. The van der Waals surface area contributed by atoms with E-state index in [2.05, 4.69) is 0 Å². The molecule has 2 heteroatoms. The predicted molar refractivity (Wildman–Crippen MR) is 61.6 cm³/mol. The fourth-order valence-corrected chi connectivity index (χ4v) is 0.950. The second-order valence-corrected chi connectivity index (χ2v) is 2.91. The summed E-state index contributed by atoms with van der Waals surface area (Å²) in [6, 6.07) is 7.87. The van der Waals surface area contributed by atoms with E-state index in [1.165, 1.54) is 5.56 Å². The number of benzene rings is 1. The lowest BCUT2D eigenvalue weighted by Crippen LogP contribution is -2.22. The first-order valence-corrected chi connectivity index (χ1v) is 4.92. The predicted octanol–water partition coefficient (Wildman–Crippen LogP) is 3.00. The Morgan fingerprint density at radius 2 is 1.57 bits per heavy atom. The Morgan fingerprint density at radius 3 is 1.93 bits per heavy atom. The Kier molecular flexibility index (Phi) is 5.61. The molecule has 78 valence electrons. The van der Waals surface area contributed by atoms with E-state index in [-0.39, 0.29) is 5.91 Å². The van der Waals surface area contributed by atoms with Crippen LogP contribution in [0.3, 0.4) is 0 Å². The summed E-state index contributed by atoms with van der Waals surface area (Å²) in [5.74, 6) is 0.0545. The van der Waals surface area contributed by atoms with Crippen LogP contribution in [0.5, 0.6) is 0 Å². The fraction of sp³-hybridized carbons (Fsp3) is 0.417. The van der Waals surface area contributed by atoms with Gasteiger partial charge in [0, 0.05) is 19.7 Å². The molecule has 0 spiro atoms. The molecule has 0 aliphatic rings. The van der Waals surface area contributed by atoms with Crippen LogP contribution in [-0.2, 0) is 4.79 Å². The van der Waals surface area contributed by atoms with Crippen LogP contribution < -0.4 is 4.90 Å². The minimum Gasteiger partial charge on any atom is -0.316 e. The molecular weight excluding hydrogens is 174 g/mol. The Labute approximate surface area is 86.5 Å². The molecule has 1 amide bonds. The van der Waals surface area contributed by atoms with Crippen molar-refractivity contribution in [3.05, 3.63) is 29.8 Å². The summed E-state index contributed by atoms with van der Waals surface area (Å²) in [4.78, 5) is 12.6. The van der Waals surface area contributed by atoms with Gasteiger partial charge in [0.25, 0.3) is 0 Å². The van der Waals surface area contributed by atoms with Crippen LogP contribution in [0.25, 0.3) is 0 Å². The van der Waals surface area contributed by atoms with Crippen LogP contribution in [0.1, 0.15) is 26.3 Å². The first kappa shape index (κ1) is 12.7. The van der Waals surface area contributed by atoms with E-state index < -0.39 is 0 Å². The van der Waals surface area contributed by atoms with Crippen molar-refractivity contribution in [3.63, 3.8) is 0 Å². The van der Waals surface area contributed by atoms with Crippen LogP contribution >= 0.6 is 0 Å². The lowest BCUT2D eigenvalue weighted by Gasteiger charge is -2.14. The van der Waals surface area contributed by atoms with Crippen molar-refractivity contribution in [2.24, 2.45) is 0 Å². The molecule has 0 aliphatic carbocycles. The first-order chi connectivity index (χ1) is 6.61. The van der Waals surface area contributed by atoms with Crippen molar-refractivity contribution in [2.45, 2.75) is 27.7 Å². The van der Waals surface area contributed by atoms with Crippen molar-refractivity contribution in [2.75, 3.05) is 11.9 Å². The van der Waals surface area contributed by atoms with Gasteiger partial charge in [-0.15, -0.1) is 0 Å². The summed E-state index contributed by atoms with van der Waals surface area (Å²) < 4.78 is 0. The average molecular weight is 193 g/mol. The molecule has 0 atom stereocenters. The molecule has 0 unspecified atom stereocenters. The van der Waals surface area contributed by atoms with Gasteiger partial charge in [0.1, 0.15) is 0 Å². The lowest BCUT2D eigenvalue weighted by molar-refractivity contribution is -0.116. The van der Waals surface area contributed by atoms with Gasteiger partial charge in [0.15, 0.2) is 0 Å². The highest BCUT2D eigenvalue weighted by molar-refractivity contribution is 5.90. The molecule has 0 fully saturated rings. The Morgan fingerprint density at radius 1 is 1.14 bits per heavy atom. The number of amides is 1. The maximum Gasteiger partial charge on any atom is 0.223 e. The number of carbonyl (C=O) groups is 1. The third kappa shape index (κ3) is 3.60. The van der Waals surface area contributed by atoms with Gasteiger partial charge in [-0.2, -0.15) is 0 Å². The molecule has 0 heterocycles. The van der Waals surface area contributed by atoms with Gasteiger partial charge in [-0.3, -0.25) is 4.79 Å². The second-order valence-electron chi connectivity index (χ2n) is 2.91. The zero-order valence-corrected chi connectivity index (χ0v) is 9.66. The second kappa shape index (κ2) is 6.19. The highest BCUT2D eigenvalue weighted by atomic mass is 16.2. The molecule has 0 bridgehead atoms. The third-order valence-corrected chi connectivity index (χ3v) is 1.89. The van der Waals surface area contributed by atoms with Gasteiger partial charge in [-0.1, -0.05) is 31.5 Å². The summed E-state index contributed by atoms with van der Waals surface area (Å²) in [7, 11) is 1.77. The molecule has 0 aliphatic heterocycles. The molecule has 0 N–H and O–H groups in total. The van der Waals surface area contributed by atoms with E-state index in [1.807, 2.05) is 45.0 Å². The molecular formula is C12H19NO. The number of carbonyl (C=O) groups excluding carboxylic acids is 1. The number of hydrogen-bond donors (Lipinski definition) is 0. The van der Waals surface area contributed by atoms with Gasteiger partial charge >= 0.3 is 0 Å². The zero-order valence-electron chi connectivity index (χ0n) is 9.66. The summed E-state index contributed by atoms with van der Waals surface area (Å²) in [6.07, 6.45) is 0. The van der Waals surface area contributed by atoms with Gasteiger partial charge in [0.2, 0.25) is 5.91 Å². The molecule has 0 radical (unpaired) electrons. The van der Waals surface area contributed by atoms with E-state index in [0.717, 1.165) is 5.69 Å². The molecule has 0 aromatic heterocycles. The maximum absolute atomic E-state index is 11.0. The maximum atomic E-state index is 11.0. The summed E-state index contributed by atoms with van der Waals surface area (Å²) in [6.45, 7) is 7.58. The Bertz CT molecular complexity index is 277. The number of nitrogens with zero attached hydrogens (tertiary/aromatic N) is 1. The molecule has 14 heavy (non-hydrogen) atoms. The number of aryl methyl sites for hydroxylation is 1. The number of hydrogen-bond acceptors (Lipinski definition) is 1. The molecule has 1 aromatic carbocycles. The Hall–Kier alpha value is -1.31. The van der Waals surface area contributed by atoms with E-state index in [9.17, 15) is 4.79 Å². The standard InChI is InChI=1S/C10H13NO.C2H6/c1-8-4-6-10(7-5-8)11(3)9(2)12;1-2/h4-7H,1-3H3;1-2H3. The third-order valence-electron chi connectivity index (χ3n) is 1.89. The van der Waals surface area contributed by atoms with E-state index >= 15 is 0 Å². The van der Waals surface area contributed by atoms with E-state index in [1.54, 1.807) is 18.9 Å². The zero-order chi connectivity index (χ0) is 11.1. The van der Waals surface area contributed by atoms with Gasteiger partial charge < -0.3 is 4.90 Å². The summed E-state index contributed by atoms with van der Waals surface area (Å²) >= 11 is 0. The van der Waals surface area contributed by atoms with Gasteiger partial charge in [-0.25, -0.2) is 0 Å². The first-order valence-electron chi connectivity index (χ1n) is 4.92. The van der Waals surface area contributed by atoms with Crippen LogP contribution in [0.4, 0.5) is 5.69 Å². The summed E-state index contributed by atoms with van der Waals surface area (Å²) in [5.41, 5.74) is 2.14. The summed E-state index contributed by atoms with van der Waals surface area (Å²) in [5, 5.41) is 0. The molecule has 1 rings (SSSR count). The van der Waals surface area contributed by atoms with Crippen molar-refractivity contribution >= 4 is 11.6 Å². The lowest BCUT2D eigenvalue weighted by atomic mass is 10.2. The smallest absolute Gasteiger partial charge is 0.223 e. The minimum absolute atomic E-state index is 0.0545. The van der Waals surface area contributed by atoms with Crippen molar-refractivity contribution in [1.82, 2.24) is 0 Å². The average Bonchev–Trinajstić information content (AvgIpc) is 2.21. The van der Waals surface area contributed by atoms with Crippen molar-refractivity contribution < 1.29 is 4.79 Å². The van der Waals surface area contributed by atoms with Crippen LogP contribution in [0.15, 0.2) is 24.3 Å². The highest BCUT2D eigenvalue weighted by Crippen LogP contribution is 2.12. The van der Waals surface area contributed by atoms with Gasteiger partial charge in [0.05, 0.1) is 0 Å². The highest BCUT2D eigenvalue weighted by Gasteiger charge is 2.03.